The zero-order valence-corrected chi connectivity index (χ0v) is 18.5. The van der Waals surface area contributed by atoms with Gasteiger partial charge in [0.05, 0.1) is 20.9 Å². The molecule has 12 heteroatoms. The Bertz CT molecular complexity index is 1270. The number of carbonyl (C=O) groups excluding carboxylic acids is 3. The minimum Gasteiger partial charge on any atom is -0.375 e. The van der Waals surface area contributed by atoms with Crippen LogP contribution >= 0.6 is 46.8 Å². The van der Waals surface area contributed by atoms with Crippen LogP contribution in [0.15, 0.2) is 47.6 Å². The molecule has 0 saturated carbocycles. The molecule has 3 N–H and O–H groups in total. The summed E-state index contributed by atoms with van der Waals surface area (Å²) >= 11 is 18.0. The molecule has 1 aliphatic heterocycles. The number of fused-ring (bicyclic) bond motifs is 1. The summed E-state index contributed by atoms with van der Waals surface area (Å²) in [7, 11) is 0. The molecule has 1 aliphatic rings. The first-order chi connectivity index (χ1) is 14.8. The van der Waals surface area contributed by atoms with Crippen LogP contribution in [0.5, 0.6) is 0 Å². The van der Waals surface area contributed by atoms with Crippen molar-refractivity contribution in [2.45, 2.75) is 5.92 Å². The number of aromatic nitrogens is 1. The first kappa shape index (κ1) is 21.3. The summed E-state index contributed by atoms with van der Waals surface area (Å²) in [6.07, 6.45) is 0. The molecule has 1 aromatic heterocycles. The number of amides is 2. The van der Waals surface area contributed by atoms with E-state index >= 15 is 0 Å². The lowest BCUT2D eigenvalue weighted by molar-refractivity contribution is -0.139. The topological polar surface area (TPSA) is 118 Å². The first-order valence-corrected chi connectivity index (χ1v) is 10.6. The summed E-state index contributed by atoms with van der Waals surface area (Å²) in [5.41, 5.74) is 8.09. The van der Waals surface area contributed by atoms with E-state index in [1.807, 2.05) is 12.1 Å². The van der Waals surface area contributed by atoms with Gasteiger partial charge in [0.1, 0.15) is 16.6 Å². The molecule has 8 nitrogen and oxygen atoms in total. The van der Waals surface area contributed by atoms with Gasteiger partial charge in [-0.05, 0) is 42.5 Å². The number of hydrogen-bond donors (Lipinski definition) is 2. The van der Waals surface area contributed by atoms with Crippen LogP contribution in [0.2, 0.25) is 10.0 Å². The van der Waals surface area contributed by atoms with Crippen molar-refractivity contribution in [3.63, 3.8) is 0 Å². The van der Waals surface area contributed by atoms with Crippen LogP contribution < -0.4 is 16.1 Å². The zero-order valence-electron chi connectivity index (χ0n) is 15.3. The maximum absolute atomic E-state index is 13.3. The van der Waals surface area contributed by atoms with Gasteiger partial charge in [-0.15, -0.1) is 11.3 Å². The largest absolute Gasteiger partial charge is 0.375 e. The van der Waals surface area contributed by atoms with Gasteiger partial charge in [-0.3, -0.25) is 19.8 Å². The number of ketones is 1. The van der Waals surface area contributed by atoms with Crippen molar-refractivity contribution in [3.8, 4) is 0 Å². The minimum absolute atomic E-state index is 0.000177. The van der Waals surface area contributed by atoms with Crippen LogP contribution in [0.1, 0.15) is 10.9 Å². The van der Waals surface area contributed by atoms with Crippen LogP contribution in [-0.4, -0.2) is 33.4 Å². The average Bonchev–Trinajstić information content (AvgIpc) is 3.14. The third-order valence-corrected chi connectivity index (χ3v) is 6.10. The predicted molar refractivity (Wildman–Crippen MR) is 124 cm³/mol. The Morgan fingerprint density at radius 3 is 2.58 bits per heavy atom. The van der Waals surface area contributed by atoms with E-state index in [0.29, 0.717) is 15.4 Å². The third-order valence-electron chi connectivity index (χ3n) is 4.37. The zero-order chi connectivity index (χ0) is 22.3. The fourth-order valence-electron chi connectivity index (χ4n) is 3.04. The molecular formula is C19H11Cl2N5O3S2. The molecule has 0 spiro atoms. The monoisotopic (exact) mass is 491 g/mol. The first-order valence-electron chi connectivity index (χ1n) is 8.64. The van der Waals surface area contributed by atoms with Gasteiger partial charge < -0.3 is 5.73 Å². The van der Waals surface area contributed by atoms with Crippen molar-refractivity contribution in [3.05, 3.63) is 57.5 Å². The number of rotatable bonds is 3. The van der Waals surface area contributed by atoms with Gasteiger partial charge in [-0.25, -0.2) is 9.88 Å². The number of piperidine rings is 1. The number of thiocarbonyl (C=S) groups is 1. The third kappa shape index (κ3) is 3.90. The highest BCUT2D eigenvalue weighted by atomic mass is 35.5. The summed E-state index contributed by atoms with van der Waals surface area (Å²) in [4.78, 5) is 44.5. The number of nitrogens with one attached hydrogen (secondary N) is 1. The van der Waals surface area contributed by atoms with Gasteiger partial charge in [0, 0.05) is 5.02 Å². The molecule has 2 aromatic carbocycles. The molecule has 1 atom stereocenters. The summed E-state index contributed by atoms with van der Waals surface area (Å²) < 4.78 is 0.787. The molecule has 1 unspecified atom stereocenters. The molecular weight excluding hydrogens is 481 g/mol. The number of hydrogen-bond acceptors (Lipinski definition) is 7. The highest BCUT2D eigenvalue weighted by Crippen LogP contribution is 2.36. The Kier molecular flexibility index (Phi) is 5.71. The summed E-state index contributed by atoms with van der Waals surface area (Å²) in [5, 5.41) is 4.28. The number of thiazole rings is 1. The molecule has 0 radical (unpaired) electrons. The van der Waals surface area contributed by atoms with Crippen molar-refractivity contribution >= 4 is 91.1 Å². The fourth-order valence-corrected chi connectivity index (χ4v) is 4.65. The second-order valence-electron chi connectivity index (χ2n) is 6.33. The number of para-hydroxylation sites is 1. The molecule has 2 amide bonds. The molecule has 31 heavy (non-hydrogen) atoms. The second kappa shape index (κ2) is 8.31. The second-order valence-corrected chi connectivity index (χ2v) is 8.68. The van der Waals surface area contributed by atoms with E-state index in [1.54, 1.807) is 12.1 Å². The number of carbonyl (C=O) groups is 3. The van der Waals surface area contributed by atoms with Crippen LogP contribution in [0, 0.1) is 0 Å². The summed E-state index contributed by atoms with van der Waals surface area (Å²) in [5.74, 6) is -4.13. The number of nitrogens with two attached hydrogens (primary N) is 1. The summed E-state index contributed by atoms with van der Waals surface area (Å²) in [6, 6.07) is 11.3. The van der Waals surface area contributed by atoms with Gasteiger partial charge >= 0.3 is 5.91 Å². The van der Waals surface area contributed by atoms with E-state index in [4.69, 9.17) is 41.2 Å². The van der Waals surface area contributed by atoms with Crippen LogP contribution in [0.25, 0.3) is 10.2 Å². The van der Waals surface area contributed by atoms with E-state index in [1.165, 1.54) is 29.5 Å². The van der Waals surface area contributed by atoms with E-state index in [-0.39, 0.29) is 26.5 Å². The fraction of sp³-hybridized carbons (Fsp3) is 0.0526. The molecule has 2 heterocycles. The standard InChI is InChI=1S/C19H11Cl2N5O3S2/c20-8-5-6-11(9(21)7-8)26-17(28)14(24-25-19(22)30)13(15(27)18(26)29)16-23-10-3-1-2-4-12(10)31-16/h1-7,13H,(H3,22,25,30)/b24-14-. The molecule has 4 rings (SSSR count). The molecule has 3 aromatic rings. The van der Waals surface area contributed by atoms with E-state index in [2.05, 4.69) is 15.5 Å². The van der Waals surface area contributed by atoms with Crippen molar-refractivity contribution in [2.24, 2.45) is 10.8 Å². The van der Waals surface area contributed by atoms with Crippen LogP contribution in [0.3, 0.4) is 0 Å². The Morgan fingerprint density at radius 1 is 1.16 bits per heavy atom. The van der Waals surface area contributed by atoms with Gasteiger partial charge in [0.2, 0.25) is 5.78 Å². The normalized spacial score (nSPS) is 18.1. The van der Waals surface area contributed by atoms with Gasteiger partial charge in [0.15, 0.2) is 5.11 Å². The Balaban J connectivity index is 1.86. The summed E-state index contributed by atoms with van der Waals surface area (Å²) in [6.45, 7) is 0. The minimum atomic E-state index is -1.32. The van der Waals surface area contributed by atoms with Crippen molar-refractivity contribution in [1.82, 2.24) is 10.4 Å². The number of halogens is 2. The van der Waals surface area contributed by atoms with Gasteiger partial charge in [-0.1, -0.05) is 35.3 Å². The Morgan fingerprint density at radius 2 is 1.90 bits per heavy atom. The highest BCUT2D eigenvalue weighted by molar-refractivity contribution is 7.80. The number of benzene rings is 2. The SMILES string of the molecule is NC(=S)N/N=C1\C(=O)N(c2ccc(Cl)cc2Cl)C(=O)C(=O)C1c1nc2ccccc2s1. The molecule has 156 valence electrons. The van der Waals surface area contributed by atoms with E-state index in [0.717, 1.165) is 4.70 Å². The predicted octanol–water partition coefficient (Wildman–Crippen LogP) is 3.02. The number of nitrogens with zero attached hydrogens (tertiary/aromatic N) is 3. The Labute approximate surface area is 194 Å². The van der Waals surface area contributed by atoms with Crippen LogP contribution in [0.4, 0.5) is 5.69 Å². The van der Waals surface area contributed by atoms with Gasteiger partial charge in [-0.2, -0.15) is 5.10 Å². The maximum atomic E-state index is 13.3. The number of anilines is 1. The maximum Gasteiger partial charge on any atom is 0.302 e. The van der Waals surface area contributed by atoms with E-state index in [9.17, 15) is 14.4 Å². The lowest BCUT2D eigenvalue weighted by Gasteiger charge is -2.29. The van der Waals surface area contributed by atoms with Crippen molar-refractivity contribution < 1.29 is 14.4 Å². The van der Waals surface area contributed by atoms with Crippen LogP contribution in [-0.2, 0) is 14.4 Å². The number of imide groups is 1. The number of hydrazone groups is 1. The Hall–Kier alpha value is -2.92. The molecule has 1 fully saturated rings. The molecule has 1 saturated heterocycles. The molecule has 0 aliphatic carbocycles. The highest BCUT2D eigenvalue weighted by Gasteiger charge is 2.49. The van der Waals surface area contributed by atoms with Crippen molar-refractivity contribution in [2.75, 3.05) is 4.90 Å². The van der Waals surface area contributed by atoms with Gasteiger partial charge in [0.25, 0.3) is 5.91 Å². The smallest absolute Gasteiger partial charge is 0.302 e. The number of Topliss-reactive ketones (excluding diaryl/α,β-unsaturated/α-hetero) is 1. The lowest BCUT2D eigenvalue weighted by atomic mass is 9.92. The lowest BCUT2D eigenvalue weighted by Crippen LogP contribution is -2.55. The van der Waals surface area contributed by atoms with Crippen molar-refractivity contribution in [1.29, 1.82) is 0 Å². The quantitative estimate of drug-likeness (QED) is 0.250. The average molecular weight is 492 g/mol. The van der Waals surface area contributed by atoms with E-state index < -0.39 is 23.5 Å². The molecule has 0 bridgehead atoms.